The van der Waals surface area contributed by atoms with Gasteiger partial charge >= 0.3 is 0 Å². The summed E-state index contributed by atoms with van der Waals surface area (Å²) in [7, 11) is 0. The van der Waals surface area contributed by atoms with Crippen LogP contribution in [0, 0.1) is 15.4 Å². The Morgan fingerprint density at radius 2 is 2.00 bits per heavy atom. The number of carbonyl (C=O) groups excluding carboxylic acids is 2. The minimum atomic E-state index is -0.281. The van der Waals surface area contributed by atoms with Crippen molar-refractivity contribution in [3.63, 3.8) is 0 Å². The van der Waals surface area contributed by atoms with Crippen molar-refractivity contribution < 1.29 is 9.59 Å². The Morgan fingerprint density at radius 3 is 2.71 bits per heavy atom. The van der Waals surface area contributed by atoms with Gasteiger partial charge in [-0.3, -0.25) is 9.59 Å². The van der Waals surface area contributed by atoms with Crippen molar-refractivity contribution in [3.8, 4) is 0 Å². The summed E-state index contributed by atoms with van der Waals surface area (Å²) in [4.78, 5) is 28.4. The van der Waals surface area contributed by atoms with Gasteiger partial charge in [0.15, 0.2) is 0 Å². The molecule has 1 unspecified atom stereocenters. The average Bonchev–Trinajstić information content (AvgIpc) is 2.54. The van der Waals surface area contributed by atoms with E-state index in [2.05, 4.69) is 46.7 Å². The number of halogens is 1. The van der Waals surface area contributed by atoms with Gasteiger partial charge in [0.2, 0.25) is 5.91 Å². The number of carbonyl (C=O) groups is 2. The molecular formula is C19H17IN2O2. The van der Waals surface area contributed by atoms with Gasteiger partial charge in [-0.25, -0.2) is 4.99 Å². The van der Waals surface area contributed by atoms with E-state index >= 15 is 0 Å². The second-order valence-electron chi connectivity index (χ2n) is 6.05. The maximum atomic E-state index is 12.4. The number of allylic oxidation sites excluding steroid dienone is 3. The van der Waals surface area contributed by atoms with Gasteiger partial charge < -0.3 is 5.32 Å². The van der Waals surface area contributed by atoms with Crippen LogP contribution in [-0.2, 0) is 4.79 Å². The number of rotatable bonds is 2. The molecule has 0 saturated carbocycles. The molecule has 24 heavy (non-hydrogen) atoms. The quantitative estimate of drug-likeness (QED) is 0.726. The molecule has 3 rings (SSSR count). The van der Waals surface area contributed by atoms with E-state index in [-0.39, 0.29) is 23.7 Å². The summed E-state index contributed by atoms with van der Waals surface area (Å²) in [5.74, 6) is -0.0785. The smallest absolute Gasteiger partial charge is 0.278 e. The highest BCUT2D eigenvalue weighted by Crippen LogP contribution is 2.31. The van der Waals surface area contributed by atoms with Crippen molar-refractivity contribution >= 4 is 40.1 Å². The van der Waals surface area contributed by atoms with E-state index in [0.717, 1.165) is 14.8 Å². The highest BCUT2D eigenvalue weighted by atomic mass is 127. The van der Waals surface area contributed by atoms with Crippen LogP contribution in [0.5, 0.6) is 0 Å². The summed E-state index contributed by atoms with van der Waals surface area (Å²) < 4.78 is 0.866. The van der Waals surface area contributed by atoms with Crippen molar-refractivity contribution in [2.45, 2.75) is 13.8 Å². The normalized spacial score (nSPS) is 21.2. The van der Waals surface area contributed by atoms with Gasteiger partial charge in [0, 0.05) is 21.3 Å². The standard InChI is InChI=1S/C19H17IN2O2/c1-11(2)15-10-18(23)22-17-9-12(7-8-13(15)17)21-19(24)14-5-3-4-6-16(14)20/h3-11,13H,1-2H3,(H,22,23). The lowest BCUT2D eigenvalue weighted by atomic mass is 9.82. The molecule has 0 aromatic heterocycles. The van der Waals surface area contributed by atoms with Gasteiger partial charge in [-0.05, 0) is 58.4 Å². The monoisotopic (exact) mass is 432 g/mol. The van der Waals surface area contributed by atoms with Crippen LogP contribution < -0.4 is 5.32 Å². The molecule has 1 atom stereocenters. The van der Waals surface area contributed by atoms with E-state index in [9.17, 15) is 9.59 Å². The molecule has 122 valence electrons. The predicted octanol–water partition coefficient (Wildman–Crippen LogP) is 3.65. The third-order valence-electron chi connectivity index (χ3n) is 4.02. The minimum Gasteiger partial charge on any atom is -0.325 e. The van der Waals surface area contributed by atoms with Gasteiger partial charge in [-0.15, -0.1) is 0 Å². The minimum absolute atomic E-state index is 0.0496. The lowest BCUT2D eigenvalue weighted by Gasteiger charge is -2.29. The summed E-state index contributed by atoms with van der Waals surface area (Å²) in [5, 5.41) is 2.86. The SMILES string of the molecule is CC(C)C1=CC(=O)NC2=CC(=NC(=O)c3ccccc3I)C=CC21. The van der Waals surface area contributed by atoms with Crippen molar-refractivity contribution in [3.05, 3.63) is 69.0 Å². The number of aliphatic imine (C=N–C) groups is 1. The first-order valence-corrected chi connectivity index (χ1v) is 8.83. The summed E-state index contributed by atoms with van der Waals surface area (Å²) >= 11 is 2.12. The van der Waals surface area contributed by atoms with Crippen LogP contribution in [0.3, 0.4) is 0 Å². The van der Waals surface area contributed by atoms with Gasteiger partial charge in [0.25, 0.3) is 5.91 Å². The fourth-order valence-corrected chi connectivity index (χ4v) is 3.45. The Bertz CT molecular complexity index is 832. The molecule has 0 saturated heterocycles. The van der Waals surface area contributed by atoms with E-state index in [0.29, 0.717) is 11.3 Å². The molecular weight excluding hydrogens is 415 g/mol. The highest BCUT2D eigenvalue weighted by molar-refractivity contribution is 14.1. The fourth-order valence-electron chi connectivity index (χ4n) is 2.83. The topological polar surface area (TPSA) is 58.5 Å². The third-order valence-corrected chi connectivity index (χ3v) is 4.96. The predicted molar refractivity (Wildman–Crippen MR) is 103 cm³/mol. The van der Waals surface area contributed by atoms with Gasteiger partial charge in [0.1, 0.15) is 0 Å². The van der Waals surface area contributed by atoms with E-state index in [1.807, 2.05) is 30.4 Å². The van der Waals surface area contributed by atoms with E-state index in [1.54, 1.807) is 18.2 Å². The molecule has 1 aromatic carbocycles. The van der Waals surface area contributed by atoms with Gasteiger partial charge in [-0.1, -0.05) is 32.1 Å². The van der Waals surface area contributed by atoms with Crippen molar-refractivity contribution in [2.75, 3.05) is 0 Å². The Balaban J connectivity index is 1.90. The number of amides is 2. The largest absolute Gasteiger partial charge is 0.325 e. The molecule has 0 bridgehead atoms. The lowest BCUT2D eigenvalue weighted by Crippen LogP contribution is -2.34. The molecule has 1 N–H and O–H groups in total. The molecule has 1 aliphatic carbocycles. The number of hydrogen-bond acceptors (Lipinski definition) is 2. The molecule has 5 heteroatoms. The first-order chi connectivity index (χ1) is 11.5. The number of benzene rings is 1. The zero-order chi connectivity index (χ0) is 17.3. The zero-order valence-corrected chi connectivity index (χ0v) is 15.6. The van der Waals surface area contributed by atoms with Gasteiger partial charge in [-0.2, -0.15) is 0 Å². The van der Waals surface area contributed by atoms with Crippen molar-refractivity contribution in [1.29, 1.82) is 0 Å². The molecule has 1 heterocycles. The van der Waals surface area contributed by atoms with Crippen molar-refractivity contribution in [1.82, 2.24) is 5.32 Å². The van der Waals surface area contributed by atoms with E-state index in [1.165, 1.54) is 0 Å². The maximum Gasteiger partial charge on any atom is 0.278 e. The number of hydrogen-bond donors (Lipinski definition) is 1. The molecule has 0 radical (unpaired) electrons. The van der Waals surface area contributed by atoms with E-state index in [4.69, 9.17) is 0 Å². The Hall–Kier alpha value is -2.02. The second-order valence-corrected chi connectivity index (χ2v) is 7.21. The molecule has 0 spiro atoms. The molecule has 1 aliphatic heterocycles. The number of nitrogens with zero attached hydrogens (tertiary/aromatic N) is 1. The first-order valence-electron chi connectivity index (χ1n) is 7.75. The maximum absolute atomic E-state index is 12.4. The Morgan fingerprint density at radius 1 is 1.25 bits per heavy atom. The molecule has 2 aliphatic rings. The van der Waals surface area contributed by atoms with Crippen molar-refractivity contribution in [2.24, 2.45) is 16.8 Å². The number of fused-ring (bicyclic) bond motifs is 1. The Kier molecular flexibility index (Phi) is 4.80. The summed E-state index contributed by atoms with van der Waals surface area (Å²) in [6, 6.07) is 7.34. The van der Waals surface area contributed by atoms with Crippen LogP contribution in [0.15, 0.2) is 64.8 Å². The summed E-state index contributed by atoms with van der Waals surface area (Å²) in [5.41, 5.74) is 2.98. The van der Waals surface area contributed by atoms with Crippen LogP contribution in [-0.4, -0.2) is 17.5 Å². The van der Waals surface area contributed by atoms with Crippen LogP contribution >= 0.6 is 22.6 Å². The Labute approximate surface area is 154 Å². The van der Waals surface area contributed by atoms with E-state index < -0.39 is 0 Å². The summed E-state index contributed by atoms with van der Waals surface area (Å²) in [6.45, 7) is 4.14. The lowest BCUT2D eigenvalue weighted by molar-refractivity contribution is -0.116. The molecule has 4 nitrogen and oxygen atoms in total. The highest BCUT2D eigenvalue weighted by Gasteiger charge is 2.27. The van der Waals surface area contributed by atoms with Crippen LogP contribution in [0.1, 0.15) is 24.2 Å². The van der Waals surface area contributed by atoms with Crippen LogP contribution in [0.2, 0.25) is 0 Å². The molecule has 0 fully saturated rings. The van der Waals surface area contributed by atoms with Crippen LogP contribution in [0.4, 0.5) is 0 Å². The number of nitrogens with one attached hydrogen (secondary N) is 1. The average molecular weight is 432 g/mol. The molecule has 2 amide bonds. The van der Waals surface area contributed by atoms with Crippen LogP contribution in [0.25, 0.3) is 0 Å². The summed E-state index contributed by atoms with van der Waals surface area (Å²) in [6.07, 6.45) is 7.28. The third kappa shape index (κ3) is 3.40. The second kappa shape index (κ2) is 6.84. The fraction of sp³-hybridized carbons (Fsp3) is 0.211. The zero-order valence-electron chi connectivity index (χ0n) is 13.4. The first kappa shape index (κ1) is 16.8. The van der Waals surface area contributed by atoms with Gasteiger partial charge in [0.05, 0.1) is 11.3 Å². The molecule has 1 aromatic rings.